The molecule has 0 fully saturated rings. The second-order valence-corrected chi connectivity index (χ2v) is 3.65. The number of nitrogens with zero attached hydrogens (tertiary/aromatic N) is 1. The Bertz CT molecular complexity index is 414. The van der Waals surface area contributed by atoms with Gasteiger partial charge in [0.25, 0.3) is 0 Å². The van der Waals surface area contributed by atoms with Gasteiger partial charge in [0.05, 0.1) is 30.3 Å². The summed E-state index contributed by atoms with van der Waals surface area (Å²) in [4.78, 5) is 29.2. The van der Waals surface area contributed by atoms with Gasteiger partial charge in [-0.1, -0.05) is 0 Å². The van der Waals surface area contributed by atoms with Crippen LogP contribution in [-0.2, 0) is 22.6 Å². The smallest absolute Gasteiger partial charge is 0.237 e. The van der Waals surface area contributed by atoms with Crippen LogP contribution in [-0.4, -0.2) is 34.4 Å². The first kappa shape index (κ1) is 10.6. The van der Waals surface area contributed by atoms with Crippen LogP contribution in [0, 0.1) is 0 Å². The van der Waals surface area contributed by atoms with Gasteiger partial charge in [-0.25, -0.2) is 4.98 Å². The summed E-state index contributed by atoms with van der Waals surface area (Å²) in [6.07, 6.45) is 2.12. The molecule has 7 heteroatoms. The van der Waals surface area contributed by atoms with Gasteiger partial charge >= 0.3 is 0 Å². The van der Waals surface area contributed by atoms with Gasteiger partial charge in [0.15, 0.2) is 0 Å². The number of aromatic nitrogens is 2. The molecule has 2 amide bonds. The van der Waals surface area contributed by atoms with Crippen LogP contribution in [0.5, 0.6) is 0 Å². The molecule has 0 aliphatic carbocycles. The normalized spacial score (nSPS) is 18.9. The minimum Gasteiger partial charge on any atom is -0.368 e. The Labute approximate surface area is 91.8 Å². The van der Waals surface area contributed by atoms with Crippen LogP contribution in [0.15, 0.2) is 6.33 Å². The Balaban J connectivity index is 1.93. The van der Waals surface area contributed by atoms with E-state index >= 15 is 0 Å². The predicted octanol–water partition coefficient (Wildman–Crippen LogP) is -1.97. The minimum atomic E-state index is -0.551. The topological polar surface area (TPSA) is 113 Å². The maximum Gasteiger partial charge on any atom is 0.237 e. The molecule has 0 spiro atoms. The number of fused-ring (bicyclic) bond motifs is 1. The number of amides is 2. The van der Waals surface area contributed by atoms with Gasteiger partial charge in [0.1, 0.15) is 0 Å². The fourth-order valence-corrected chi connectivity index (χ4v) is 1.65. The maximum absolute atomic E-state index is 11.6. The number of carbonyl (C=O) groups excluding carboxylic acids is 2. The third-order valence-corrected chi connectivity index (χ3v) is 2.48. The van der Waals surface area contributed by atoms with Crippen molar-refractivity contribution in [1.82, 2.24) is 20.6 Å². The molecule has 1 aromatic heterocycles. The molecular formula is C9H13N5O2. The van der Waals surface area contributed by atoms with Gasteiger partial charge in [0.2, 0.25) is 11.8 Å². The Morgan fingerprint density at radius 2 is 2.44 bits per heavy atom. The van der Waals surface area contributed by atoms with Crippen LogP contribution in [0.2, 0.25) is 0 Å². The molecule has 2 rings (SSSR count). The minimum absolute atomic E-state index is 0.134. The number of imidazole rings is 1. The van der Waals surface area contributed by atoms with Crippen molar-refractivity contribution in [3.05, 3.63) is 17.7 Å². The highest BCUT2D eigenvalue weighted by molar-refractivity contribution is 5.87. The van der Waals surface area contributed by atoms with Crippen LogP contribution in [0.4, 0.5) is 0 Å². The van der Waals surface area contributed by atoms with Gasteiger partial charge < -0.3 is 16.0 Å². The number of nitrogens with two attached hydrogens (primary N) is 1. The van der Waals surface area contributed by atoms with E-state index in [2.05, 4.69) is 20.6 Å². The number of hydrogen-bond acceptors (Lipinski definition) is 4. The summed E-state index contributed by atoms with van der Waals surface area (Å²) in [5.74, 6) is -0.780. The standard InChI is InChI=1S/C9H13N5O2/c10-8(15)3-12-9(16)6-1-5-7(2-11-6)14-4-13-5/h4,6,11H,1-3H2,(H2,10,15)(H,12,16)(H,13,14). The molecule has 1 atom stereocenters. The molecule has 2 heterocycles. The first-order valence-corrected chi connectivity index (χ1v) is 4.97. The fraction of sp³-hybridized carbons (Fsp3) is 0.444. The molecule has 86 valence electrons. The summed E-state index contributed by atoms with van der Waals surface area (Å²) in [5.41, 5.74) is 6.82. The molecule has 5 N–H and O–H groups in total. The number of nitrogens with one attached hydrogen (secondary N) is 3. The fourth-order valence-electron chi connectivity index (χ4n) is 1.65. The van der Waals surface area contributed by atoms with Crippen molar-refractivity contribution >= 4 is 11.8 Å². The third kappa shape index (κ3) is 2.19. The molecule has 0 bridgehead atoms. The second kappa shape index (κ2) is 4.31. The van der Waals surface area contributed by atoms with Gasteiger partial charge in [-0.15, -0.1) is 0 Å². The number of primary amides is 1. The summed E-state index contributed by atoms with van der Waals surface area (Å²) in [6, 6.07) is -0.352. The highest BCUT2D eigenvalue weighted by atomic mass is 16.2. The monoisotopic (exact) mass is 223 g/mol. The Morgan fingerprint density at radius 3 is 3.19 bits per heavy atom. The van der Waals surface area contributed by atoms with Crippen molar-refractivity contribution in [2.45, 2.75) is 19.0 Å². The molecule has 16 heavy (non-hydrogen) atoms. The Hall–Kier alpha value is -1.89. The van der Waals surface area contributed by atoms with Crippen LogP contribution >= 0.6 is 0 Å². The van der Waals surface area contributed by atoms with Crippen molar-refractivity contribution in [3.63, 3.8) is 0 Å². The first-order chi connectivity index (χ1) is 7.66. The number of rotatable bonds is 3. The van der Waals surface area contributed by atoms with E-state index in [1.54, 1.807) is 6.33 Å². The molecule has 1 aliphatic heterocycles. The molecule has 1 aliphatic rings. The van der Waals surface area contributed by atoms with Crippen molar-refractivity contribution in [2.75, 3.05) is 6.54 Å². The predicted molar refractivity (Wildman–Crippen MR) is 55.1 cm³/mol. The zero-order chi connectivity index (χ0) is 11.5. The molecular weight excluding hydrogens is 210 g/mol. The summed E-state index contributed by atoms with van der Waals surface area (Å²) in [5, 5.41) is 5.51. The van der Waals surface area contributed by atoms with Crippen molar-refractivity contribution < 1.29 is 9.59 Å². The molecule has 1 aromatic rings. The summed E-state index contributed by atoms with van der Waals surface area (Å²) < 4.78 is 0. The van der Waals surface area contributed by atoms with Crippen LogP contribution in [0.3, 0.4) is 0 Å². The van der Waals surface area contributed by atoms with E-state index < -0.39 is 5.91 Å². The molecule has 0 saturated carbocycles. The van der Waals surface area contributed by atoms with Gasteiger partial charge in [-0.2, -0.15) is 0 Å². The van der Waals surface area contributed by atoms with Crippen molar-refractivity contribution in [3.8, 4) is 0 Å². The van der Waals surface area contributed by atoms with Crippen LogP contribution in [0.25, 0.3) is 0 Å². The van der Waals surface area contributed by atoms with Gasteiger partial charge in [0, 0.05) is 13.0 Å². The lowest BCUT2D eigenvalue weighted by Gasteiger charge is -2.21. The average molecular weight is 223 g/mol. The molecule has 1 unspecified atom stereocenters. The first-order valence-electron chi connectivity index (χ1n) is 4.97. The summed E-state index contributed by atoms with van der Waals surface area (Å²) >= 11 is 0. The number of hydrogen-bond donors (Lipinski definition) is 4. The summed E-state index contributed by atoms with van der Waals surface area (Å²) in [7, 11) is 0. The third-order valence-electron chi connectivity index (χ3n) is 2.48. The van der Waals surface area contributed by atoms with Gasteiger partial charge in [-0.05, 0) is 0 Å². The van der Waals surface area contributed by atoms with E-state index in [0.29, 0.717) is 13.0 Å². The van der Waals surface area contributed by atoms with E-state index in [4.69, 9.17) is 5.73 Å². The molecule has 0 aromatic carbocycles. The van der Waals surface area contributed by atoms with E-state index in [9.17, 15) is 9.59 Å². The number of carbonyl (C=O) groups is 2. The molecule has 7 nitrogen and oxygen atoms in total. The van der Waals surface area contributed by atoms with Crippen molar-refractivity contribution in [2.24, 2.45) is 5.73 Å². The van der Waals surface area contributed by atoms with Gasteiger partial charge in [-0.3, -0.25) is 14.9 Å². The average Bonchev–Trinajstić information content (AvgIpc) is 2.72. The Morgan fingerprint density at radius 1 is 1.62 bits per heavy atom. The lowest BCUT2D eigenvalue weighted by molar-refractivity contribution is -0.126. The number of aromatic amines is 1. The van der Waals surface area contributed by atoms with E-state index in [1.165, 1.54) is 0 Å². The van der Waals surface area contributed by atoms with E-state index in [-0.39, 0.29) is 18.5 Å². The largest absolute Gasteiger partial charge is 0.368 e. The zero-order valence-electron chi connectivity index (χ0n) is 8.62. The SMILES string of the molecule is NC(=O)CNC(=O)C1Cc2nc[nH]c2CN1. The van der Waals surface area contributed by atoms with E-state index in [0.717, 1.165) is 11.4 Å². The molecule has 0 saturated heterocycles. The highest BCUT2D eigenvalue weighted by Crippen LogP contribution is 2.11. The maximum atomic E-state index is 11.6. The lowest BCUT2D eigenvalue weighted by Crippen LogP contribution is -2.49. The zero-order valence-corrected chi connectivity index (χ0v) is 8.62. The quantitative estimate of drug-likeness (QED) is 0.476. The highest BCUT2D eigenvalue weighted by Gasteiger charge is 2.25. The van der Waals surface area contributed by atoms with E-state index in [1.807, 2.05) is 0 Å². The lowest BCUT2D eigenvalue weighted by atomic mass is 10.0. The van der Waals surface area contributed by atoms with Crippen LogP contribution in [0.1, 0.15) is 11.4 Å². The number of H-pyrrole nitrogens is 1. The van der Waals surface area contributed by atoms with Crippen molar-refractivity contribution in [1.29, 1.82) is 0 Å². The molecule has 0 radical (unpaired) electrons. The van der Waals surface area contributed by atoms with Crippen LogP contribution < -0.4 is 16.4 Å². The summed E-state index contributed by atoms with van der Waals surface area (Å²) in [6.45, 7) is 0.439. The second-order valence-electron chi connectivity index (χ2n) is 3.65. The Kier molecular flexibility index (Phi) is 2.86.